The van der Waals surface area contributed by atoms with Crippen molar-refractivity contribution in [2.75, 3.05) is 11.9 Å². The van der Waals surface area contributed by atoms with E-state index in [-0.39, 0.29) is 0 Å². The van der Waals surface area contributed by atoms with Gasteiger partial charge in [-0.25, -0.2) is 0 Å². The highest BCUT2D eigenvalue weighted by molar-refractivity contribution is 6.39. The monoisotopic (exact) mass is 234 g/mol. The minimum absolute atomic E-state index is 0.589. The fraction of sp³-hybridized carbons (Fsp3) is 0.385. The molecule has 0 bridgehead atoms. The summed E-state index contributed by atoms with van der Waals surface area (Å²) in [6, 6.07) is 7.55. The van der Waals surface area contributed by atoms with Gasteiger partial charge >= 0.3 is 11.8 Å². The molecule has 0 heterocycles. The molecule has 0 radical (unpaired) electrons. The lowest BCUT2D eigenvalue weighted by molar-refractivity contribution is -0.135. The number of carbonyl (C=O) groups excluding carboxylic acids is 2. The summed E-state index contributed by atoms with van der Waals surface area (Å²) in [6.07, 6.45) is 0.994. The predicted molar refractivity (Wildman–Crippen MR) is 67.6 cm³/mol. The van der Waals surface area contributed by atoms with Crippen LogP contribution >= 0.6 is 0 Å². The van der Waals surface area contributed by atoms with E-state index in [2.05, 4.69) is 13.8 Å². The molecule has 0 saturated carbocycles. The van der Waals surface area contributed by atoms with Crippen molar-refractivity contribution in [3.05, 3.63) is 29.8 Å². The highest BCUT2D eigenvalue weighted by Gasteiger charge is 2.16. The van der Waals surface area contributed by atoms with Gasteiger partial charge in [-0.15, -0.1) is 0 Å². The van der Waals surface area contributed by atoms with Crippen LogP contribution in [0.1, 0.15) is 19.4 Å². The van der Waals surface area contributed by atoms with Crippen LogP contribution in [0.4, 0.5) is 5.69 Å². The molecular weight excluding hydrogens is 216 g/mol. The van der Waals surface area contributed by atoms with Crippen molar-refractivity contribution in [2.45, 2.75) is 20.3 Å². The molecule has 17 heavy (non-hydrogen) atoms. The molecule has 0 fully saturated rings. The molecule has 2 N–H and O–H groups in total. The first kappa shape index (κ1) is 13.2. The molecule has 0 aromatic heterocycles. The zero-order valence-electron chi connectivity index (χ0n) is 10.4. The van der Waals surface area contributed by atoms with Crippen molar-refractivity contribution < 1.29 is 9.59 Å². The first-order chi connectivity index (χ1) is 7.91. The van der Waals surface area contributed by atoms with Crippen molar-refractivity contribution >= 4 is 17.5 Å². The van der Waals surface area contributed by atoms with Gasteiger partial charge in [0.05, 0.1) is 0 Å². The van der Waals surface area contributed by atoms with E-state index < -0.39 is 11.8 Å². The summed E-state index contributed by atoms with van der Waals surface area (Å²) in [5.41, 5.74) is 6.82. The van der Waals surface area contributed by atoms with Gasteiger partial charge in [-0.05, 0) is 30.0 Å². The Morgan fingerprint density at radius 3 is 2.18 bits per heavy atom. The normalized spacial score (nSPS) is 10.4. The molecule has 0 aliphatic heterocycles. The Balaban J connectivity index is 2.80. The molecule has 4 heteroatoms. The highest BCUT2D eigenvalue weighted by atomic mass is 16.2. The highest BCUT2D eigenvalue weighted by Crippen LogP contribution is 2.16. The number of primary amides is 1. The second kappa shape index (κ2) is 5.48. The molecule has 1 aromatic rings. The van der Waals surface area contributed by atoms with Crippen LogP contribution in [0.25, 0.3) is 0 Å². The van der Waals surface area contributed by atoms with Gasteiger partial charge in [0.25, 0.3) is 0 Å². The molecule has 0 aliphatic rings. The maximum atomic E-state index is 11.4. The summed E-state index contributed by atoms with van der Waals surface area (Å²) in [7, 11) is 1.53. The van der Waals surface area contributed by atoms with Crippen LogP contribution in [-0.4, -0.2) is 18.9 Å². The van der Waals surface area contributed by atoms with Crippen LogP contribution in [0.3, 0.4) is 0 Å². The number of nitrogens with two attached hydrogens (primary N) is 1. The first-order valence-electron chi connectivity index (χ1n) is 5.58. The van der Waals surface area contributed by atoms with Gasteiger partial charge in [-0.1, -0.05) is 26.0 Å². The molecule has 4 nitrogen and oxygen atoms in total. The number of nitrogens with zero attached hydrogens (tertiary/aromatic N) is 1. The van der Waals surface area contributed by atoms with Crippen molar-refractivity contribution in [2.24, 2.45) is 11.7 Å². The minimum atomic E-state index is -0.946. The Kier molecular flexibility index (Phi) is 4.26. The quantitative estimate of drug-likeness (QED) is 0.802. The van der Waals surface area contributed by atoms with Gasteiger partial charge in [0.2, 0.25) is 0 Å². The Morgan fingerprint density at radius 2 is 1.76 bits per heavy atom. The summed E-state index contributed by atoms with van der Waals surface area (Å²) >= 11 is 0. The lowest BCUT2D eigenvalue weighted by atomic mass is 10.0. The Bertz CT molecular complexity index is 410. The van der Waals surface area contributed by atoms with E-state index in [1.807, 2.05) is 24.3 Å². The van der Waals surface area contributed by atoms with Gasteiger partial charge in [0.1, 0.15) is 0 Å². The zero-order valence-corrected chi connectivity index (χ0v) is 10.4. The number of rotatable bonds is 3. The van der Waals surface area contributed by atoms with E-state index >= 15 is 0 Å². The van der Waals surface area contributed by atoms with Crippen LogP contribution < -0.4 is 10.6 Å². The number of benzene rings is 1. The molecular formula is C13H18N2O2. The molecule has 1 rings (SSSR count). The van der Waals surface area contributed by atoms with Crippen LogP contribution in [-0.2, 0) is 16.0 Å². The Morgan fingerprint density at radius 1 is 1.24 bits per heavy atom. The van der Waals surface area contributed by atoms with Crippen LogP contribution in [0, 0.1) is 5.92 Å². The van der Waals surface area contributed by atoms with Crippen LogP contribution in [0.2, 0.25) is 0 Å². The van der Waals surface area contributed by atoms with Crippen molar-refractivity contribution in [3.63, 3.8) is 0 Å². The summed E-state index contributed by atoms with van der Waals surface area (Å²) < 4.78 is 0. The molecule has 0 atom stereocenters. The SMILES string of the molecule is CC(C)Cc1ccc(N(C)C(=O)C(N)=O)cc1. The van der Waals surface area contributed by atoms with Gasteiger partial charge < -0.3 is 10.6 Å². The summed E-state index contributed by atoms with van der Waals surface area (Å²) in [6.45, 7) is 4.30. The van der Waals surface area contributed by atoms with Gasteiger partial charge in [-0.2, -0.15) is 0 Å². The van der Waals surface area contributed by atoms with E-state index in [0.717, 1.165) is 6.42 Å². The predicted octanol–water partition coefficient (Wildman–Crippen LogP) is 1.33. The fourth-order valence-electron chi connectivity index (χ4n) is 1.61. The lowest BCUT2D eigenvalue weighted by Crippen LogP contribution is -2.37. The summed E-state index contributed by atoms with van der Waals surface area (Å²) in [5, 5.41) is 0. The van der Waals surface area contributed by atoms with E-state index in [4.69, 9.17) is 5.73 Å². The third kappa shape index (κ3) is 3.59. The van der Waals surface area contributed by atoms with Gasteiger partial charge in [0.15, 0.2) is 0 Å². The number of hydrogen-bond donors (Lipinski definition) is 1. The van der Waals surface area contributed by atoms with Crippen LogP contribution in [0.5, 0.6) is 0 Å². The van der Waals surface area contributed by atoms with E-state index in [1.165, 1.54) is 17.5 Å². The summed E-state index contributed by atoms with van der Waals surface area (Å²) in [5.74, 6) is -1.06. The molecule has 1 aromatic carbocycles. The molecule has 2 amide bonds. The number of amides is 2. The smallest absolute Gasteiger partial charge is 0.315 e. The second-order valence-corrected chi connectivity index (χ2v) is 4.49. The van der Waals surface area contributed by atoms with Crippen LogP contribution in [0.15, 0.2) is 24.3 Å². The number of hydrogen-bond acceptors (Lipinski definition) is 2. The Labute approximate surface area is 101 Å². The largest absolute Gasteiger partial charge is 0.361 e. The van der Waals surface area contributed by atoms with E-state index in [9.17, 15) is 9.59 Å². The maximum absolute atomic E-state index is 11.4. The molecule has 0 spiro atoms. The third-order valence-electron chi connectivity index (χ3n) is 2.48. The maximum Gasteiger partial charge on any atom is 0.315 e. The van der Waals surface area contributed by atoms with Crippen molar-refractivity contribution in [1.82, 2.24) is 0 Å². The molecule has 92 valence electrons. The van der Waals surface area contributed by atoms with Gasteiger partial charge in [-0.3, -0.25) is 9.59 Å². The standard InChI is InChI=1S/C13H18N2O2/c1-9(2)8-10-4-6-11(7-5-10)15(3)13(17)12(14)16/h4-7,9H,8H2,1-3H3,(H2,14,16). The number of carbonyl (C=O) groups is 2. The lowest BCUT2D eigenvalue weighted by Gasteiger charge is -2.15. The van der Waals surface area contributed by atoms with Crippen molar-refractivity contribution in [3.8, 4) is 0 Å². The van der Waals surface area contributed by atoms with E-state index in [1.54, 1.807) is 0 Å². The topological polar surface area (TPSA) is 63.4 Å². The average molecular weight is 234 g/mol. The van der Waals surface area contributed by atoms with E-state index in [0.29, 0.717) is 11.6 Å². The molecule has 0 aliphatic carbocycles. The summed E-state index contributed by atoms with van der Waals surface area (Å²) in [4.78, 5) is 23.4. The van der Waals surface area contributed by atoms with Gasteiger partial charge in [0, 0.05) is 12.7 Å². The second-order valence-electron chi connectivity index (χ2n) is 4.49. The third-order valence-corrected chi connectivity index (χ3v) is 2.48. The molecule has 0 unspecified atom stereocenters. The Hall–Kier alpha value is -1.84. The molecule has 0 saturated heterocycles. The minimum Gasteiger partial charge on any atom is -0.361 e. The van der Waals surface area contributed by atoms with Crippen molar-refractivity contribution in [1.29, 1.82) is 0 Å². The average Bonchev–Trinajstić information content (AvgIpc) is 2.27. The first-order valence-corrected chi connectivity index (χ1v) is 5.58. The number of likely N-dealkylation sites (N-methyl/N-ethyl adjacent to an activating group) is 1. The number of anilines is 1. The zero-order chi connectivity index (χ0) is 13.0. The fourth-order valence-corrected chi connectivity index (χ4v) is 1.61.